The molecule has 0 amide bonds. The van der Waals surface area contributed by atoms with Crippen LogP contribution in [0.3, 0.4) is 0 Å². The third-order valence-corrected chi connectivity index (χ3v) is 4.19. The van der Waals surface area contributed by atoms with Crippen LogP contribution in [0.1, 0.15) is 29.9 Å². The molecule has 2 atom stereocenters. The lowest BCUT2D eigenvalue weighted by molar-refractivity contribution is -0.00133. The fraction of sp³-hybridized carbons (Fsp3) is 0.333. The second-order valence-corrected chi connectivity index (χ2v) is 5.59. The Morgan fingerprint density at radius 2 is 1.59 bits per heavy atom. The first kappa shape index (κ1) is 14.6. The van der Waals surface area contributed by atoms with Crippen molar-refractivity contribution in [3.8, 4) is 0 Å². The highest BCUT2D eigenvalue weighted by atomic mass is 16.5. The molecule has 1 aliphatic heterocycles. The first-order valence-corrected chi connectivity index (χ1v) is 7.64. The zero-order chi connectivity index (χ0) is 15.2. The highest BCUT2D eigenvalue weighted by molar-refractivity contribution is 5.34. The molecule has 0 aliphatic carbocycles. The summed E-state index contributed by atoms with van der Waals surface area (Å²) >= 11 is 0. The minimum Gasteiger partial charge on any atom is -0.377 e. The third kappa shape index (κ3) is 3.30. The van der Waals surface area contributed by atoms with Crippen LogP contribution in [0.25, 0.3) is 10.4 Å². The smallest absolute Gasteiger partial charge is 0.0688 e. The molecule has 3 rings (SSSR count). The fourth-order valence-electron chi connectivity index (χ4n) is 3.16. The standard InChI is InChI=1S/C18H19N3O/c19-21-20-16-11-12-22-17(13-16)18(14-7-3-1-4-8-14)15-9-5-2-6-10-15/h1-10,16-18H,11-13H2. The summed E-state index contributed by atoms with van der Waals surface area (Å²) in [4.78, 5) is 2.97. The van der Waals surface area contributed by atoms with Crippen LogP contribution in [0.4, 0.5) is 0 Å². The van der Waals surface area contributed by atoms with Crippen molar-refractivity contribution in [1.29, 1.82) is 0 Å². The van der Waals surface area contributed by atoms with Crippen molar-refractivity contribution in [3.63, 3.8) is 0 Å². The minimum atomic E-state index is 0.0266. The van der Waals surface area contributed by atoms with E-state index in [-0.39, 0.29) is 18.1 Å². The Balaban J connectivity index is 1.93. The Morgan fingerprint density at radius 1 is 1.00 bits per heavy atom. The van der Waals surface area contributed by atoms with Crippen LogP contribution in [-0.2, 0) is 4.74 Å². The summed E-state index contributed by atoms with van der Waals surface area (Å²) in [5.41, 5.74) is 11.2. The lowest BCUT2D eigenvalue weighted by atomic mass is 9.83. The van der Waals surface area contributed by atoms with E-state index < -0.39 is 0 Å². The molecule has 2 unspecified atom stereocenters. The Hall–Kier alpha value is -2.29. The van der Waals surface area contributed by atoms with Gasteiger partial charge in [-0.1, -0.05) is 65.8 Å². The molecule has 1 saturated heterocycles. The molecule has 112 valence electrons. The first-order chi connectivity index (χ1) is 10.9. The van der Waals surface area contributed by atoms with Gasteiger partial charge < -0.3 is 4.74 Å². The van der Waals surface area contributed by atoms with Crippen LogP contribution in [0, 0.1) is 0 Å². The van der Waals surface area contributed by atoms with Crippen molar-refractivity contribution in [1.82, 2.24) is 0 Å². The monoisotopic (exact) mass is 293 g/mol. The van der Waals surface area contributed by atoms with Crippen LogP contribution in [-0.4, -0.2) is 18.8 Å². The van der Waals surface area contributed by atoms with E-state index >= 15 is 0 Å². The molecule has 1 aliphatic rings. The zero-order valence-electron chi connectivity index (χ0n) is 12.4. The maximum atomic E-state index is 8.69. The van der Waals surface area contributed by atoms with Gasteiger partial charge in [0.2, 0.25) is 0 Å². The van der Waals surface area contributed by atoms with Gasteiger partial charge in [0.15, 0.2) is 0 Å². The Bertz CT molecular complexity index is 598. The molecule has 0 radical (unpaired) electrons. The average molecular weight is 293 g/mol. The summed E-state index contributed by atoms with van der Waals surface area (Å²) in [6.45, 7) is 0.643. The van der Waals surface area contributed by atoms with E-state index in [9.17, 15) is 0 Å². The van der Waals surface area contributed by atoms with Crippen LogP contribution in [0.2, 0.25) is 0 Å². The van der Waals surface area contributed by atoms with Crippen molar-refractivity contribution >= 4 is 0 Å². The van der Waals surface area contributed by atoms with Gasteiger partial charge in [-0.25, -0.2) is 0 Å². The van der Waals surface area contributed by atoms with Gasteiger partial charge in [-0.15, -0.1) is 0 Å². The Kier molecular flexibility index (Phi) is 4.74. The van der Waals surface area contributed by atoms with Gasteiger partial charge in [0.1, 0.15) is 0 Å². The van der Waals surface area contributed by atoms with Crippen molar-refractivity contribution in [2.24, 2.45) is 5.11 Å². The van der Waals surface area contributed by atoms with Gasteiger partial charge in [-0.2, -0.15) is 0 Å². The second kappa shape index (κ2) is 7.12. The maximum absolute atomic E-state index is 8.69. The van der Waals surface area contributed by atoms with E-state index in [0.29, 0.717) is 6.61 Å². The van der Waals surface area contributed by atoms with E-state index in [0.717, 1.165) is 12.8 Å². The number of azide groups is 1. The fourth-order valence-corrected chi connectivity index (χ4v) is 3.16. The van der Waals surface area contributed by atoms with E-state index in [1.54, 1.807) is 0 Å². The van der Waals surface area contributed by atoms with Crippen molar-refractivity contribution in [2.75, 3.05) is 6.61 Å². The molecular formula is C18H19N3O. The van der Waals surface area contributed by atoms with Gasteiger partial charge in [0.25, 0.3) is 0 Å². The van der Waals surface area contributed by atoms with E-state index in [2.05, 4.69) is 58.6 Å². The molecule has 0 spiro atoms. The van der Waals surface area contributed by atoms with Gasteiger partial charge in [0.05, 0.1) is 6.10 Å². The Morgan fingerprint density at radius 3 is 2.14 bits per heavy atom. The quantitative estimate of drug-likeness (QED) is 0.459. The van der Waals surface area contributed by atoms with Gasteiger partial charge in [-0.3, -0.25) is 0 Å². The molecule has 0 aromatic heterocycles. The number of hydrogen-bond donors (Lipinski definition) is 0. The van der Waals surface area contributed by atoms with Crippen LogP contribution >= 0.6 is 0 Å². The highest BCUT2D eigenvalue weighted by Crippen LogP contribution is 2.34. The number of rotatable bonds is 4. The Labute approximate surface area is 130 Å². The van der Waals surface area contributed by atoms with Crippen LogP contribution in [0.5, 0.6) is 0 Å². The van der Waals surface area contributed by atoms with Crippen molar-refractivity contribution in [3.05, 3.63) is 82.2 Å². The molecule has 0 N–H and O–H groups in total. The molecule has 2 aromatic rings. The maximum Gasteiger partial charge on any atom is 0.0688 e. The lowest BCUT2D eigenvalue weighted by Gasteiger charge is -2.33. The third-order valence-electron chi connectivity index (χ3n) is 4.19. The summed E-state index contributed by atoms with van der Waals surface area (Å²) in [6, 6.07) is 20.8. The SMILES string of the molecule is [N-]=[N+]=NC1CCOC(C(c2ccccc2)c2ccccc2)C1. The predicted molar refractivity (Wildman–Crippen MR) is 86.6 cm³/mol. The van der Waals surface area contributed by atoms with Crippen LogP contribution in [0.15, 0.2) is 65.8 Å². The summed E-state index contributed by atoms with van der Waals surface area (Å²) in [6.07, 6.45) is 1.60. The topological polar surface area (TPSA) is 58.0 Å². The van der Waals surface area contributed by atoms with Crippen molar-refractivity contribution in [2.45, 2.75) is 30.9 Å². The normalized spacial score (nSPS) is 21.3. The zero-order valence-corrected chi connectivity index (χ0v) is 12.4. The predicted octanol–water partition coefficient (Wildman–Crippen LogP) is 4.68. The number of ether oxygens (including phenoxy) is 1. The number of benzene rings is 2. The molecule has 0 bridgehead atoms. The van der Waals surface area contributed by atoms with Gasteiger partial charge in [-0.05, 0) is 29.5 Å². The molecule has 4 heteroatoms. The summed E-state index contributed by atoms with van der Waals surface area (Å²) in [7, 11) is 0. The molecule has 2 aromatic carbocycles. The molecule has 4 nitrogen and oxygen atoms in total. The van der Waals surface area contributed by atoms with Gasteiger partial charge >= 0.3 is 0 Å². The van der Waals surface area contributed by atoms with Gasteiger partial charge in [0, 0.05) is 23.5 Å². The van der Waals surface area contributed by atoms with E-state index in [1.165, 1.54) is 11.1 Å². The second-order valence-electron chi connectivity index (χ2n) is 5.59. The summed E-state index contributed by atoms with van der Waals surface area (Å²) < 4.78 is 6.04. The van der Waals surface area contributed by atoms with Crippen molar-refractivity contribution < 1.29 is 4.74 Å². The summed E-state index contributed by atoms with van der Waals surface area (Å²) in [5, 5.41) is 3.90. The molecule has 1 heterocycles. The number of nitrogens with zero attached hydrogens (tertiary/aromatic N) is 3. The van der Waals surface area contributed by atoms with Crippen LogP contribution < -0.4 is 0 Å². The highest BCUT2D eigenvalue weighted by Gasteiger charge is 2.31. The number of hydrogen-bond acceptors (Lipinski definition) is 2. The van der Waals surface area contributed by atoms with E-state index in [1.807, 2.05) is 12.1 Å². The van der Waals surface area contributed by atoms with E-state index in [4.69, 9.17) is 10.3 Å². The summed E-state index contributed by atoms with van der Waals surface area (Å²) in [5.74, 6) is 0.166. The first-order valence-electron chi connectivity index (χ1n) is 7.64. The molecule has 1 fully saturated rings. The molecule has 22 heavy (non-hydrogen) atoms. The largest absolute Gasteiger partial charge is 0.377 e. The molecule has 0 saturated carbocycles. The lowest BCUT2D eigenvalue weighted by Crippen LogP contribution is -2.33. The minimum absolute atomic E-state index is 0.0266. The average Bonchev–Trinajstić information content (AvgIpc) is 2.58. The molecular weight excluding hydrogens is 274 g/mol.